The summed E-state index contributed by atoms with van der Waals surface area (Å²) in [5, 5.41) is 0.928. The zero-order chi connectivity index (χ0) is 11.5. The van der Waals surface area contributed by atoms with E-state index in [0.717, 1.165) is 17.5 Å². The van der Waals surface area contributed by atoms with Crippen LogP contribution in [0.3, 0.4) is 0 Å². The van der Waals surface area contributed by atoms with E-state index in [9.17, 15) is 8.78 Å². The molecule has 0 amide bonds. The van der Waals surface area contributed by atoms with E-state index in [2.05, 4.69) is 9.36 Å². The summed E-state index contributed by atoms with van der Waals surface area (Å²) in [5.74, 6) is -0.526. The van der Waals surface area contributed by atoms with Gasteiger partial charge in [0.1, 0.15) is 22.5 Å². The molecule has 1 heterocycles. The predicted molar refractivity (Wildman–Crippen MR) is 58.5 cm³/mol. The molecule has 0 saturated carbocycles. The Morgan fingerprint density at radius 1 is 1.31 bits per heavy atom. The SMILES string of the molecule is CCc1nc(Cc2ccc(F)cc2F)ns1. The zero-order valence-corrected chi connectivity index (χ0v) is 9.52. The van der Waals surface area contributed by atoms with Gasteiger partial charge >= 0.3 is 0 Å². The topological polar surface area (TPSA) is 25.8 Å². The van der Waals surface area contributed by atoms with Gasteiger partial charge in [0.05, 0.1) is 0 Å². The lowest BCUT2D eigenvalue weighted by atomic mass is 10.1. The fourth-order valence-corrected chi connectivity index (χ4v) is 1.93. The smallest absolute Gasteiger partial charge is 0.147 e. The third-order valence-corrected chi connectivity index (χ3v) is 3.07. The van der Waals surface area contributed by atoms with E-state index in [0.29, 0.717) is 17.8 Å². The van der Waals surface area contributed by atoms with Crippen LogP contribution in [0.2, 0.25) is 0 Å². The maximum atomic E-state index is 13.3. The molecule has 0 atom stereocenters. The maximum Gasteiger partial charge on any atom is 0.147 e. The Bertz CT molecular complexity index is 496. The first-order valence-electron chi connectivity index (χ1n) is 4.94. The molecule has 16 heavy (non-hydrogen) atoms. The summed E-state index contributed by atoms with van der Waals surface area (Å²) in [7, 11) is 0. The van der Waals surface area contributed by atoms with Gasteiger partial charge in [-0.1, -0.05) is 13.0 Å². The Labute approximate surface area is 96.1 Å². The first-order chi connectivity index (χ1) is 7.69. The molecule has 1 aromatic carbocycles. The highest BCUT2D eigenvalue weighted by atomic mass is 32.1. The van der Waals surface area contributed by atoms with E-state index in [1.165, 1.54) is 23.7 Å². The van der Waals surface area contributed by atoms with Crippen molar-refractivity contribution in [3.05, 3.63) is 46.2 Å². The van der Waals surface area contributed by atoms with Gasteiger partial charge < -0.3 is 0 Å². The van der Waals surface area contributed by atoms with Gasteiger partial charge in [0.15, 0.2) is 0 Å². The Morgan fingerprint density at radius 2 is 2.12 bits per heavy atom. The third kappa shape index (κ3) is 2.41. The van der Waals surface area contributed by atoms with Crippen molar-refractivity contribution < 1.29 is 8.78 Å². The van der Waals surface area contributed by atoms with Gasteiger partial charge in [0, 0.05) is 12.5 Å². The molecule has 1 aromatic heterocycles. The average Bonchev–Trinajstić information content (AvgIpc) is 2.70. The molecule has 0 aliphatic rings. The molecular weight excluding hydrogens is 230 g/mol. The van der Waals surface area contributed by atoms with Crippen molar-refractivity contribution in [1.82, 2.24) is 9.36 Å². The van der Waals surface area contributed by atoms with Crippen molar-refractivity contribution in [2.24, 2.45) is 0 Å². The van der Waals surface area contributed by atoms with Crippen LogP contribution < -0.4 is 0 Å². The van der Waals surface area contributed by atoms with Crippen LogP contribution in [-0.4, -0.2) is 9.36 Å². The molecule has 0 spiro atoms. The number of aryl methyl sites for hydroxylation is 1. The van der Waals surface area contributed by atoms with E-state index >= 15 is 0 Å². The molecule has 2 rings (SSSR count). The van der Waals surface area contributed by atoms with E-state index < -0.39 is 11.6 Å². The summed E-state index contributed by atoms with van der Waals surface area (Å²) < 4.78 is 30.1. The fraction of sp³-hybridized carbons (Fsp3) is 0.273. The van der Waals surface area contributed by atoms with Crippen LogP contribution in [0.5, 0.6) is 0 Å². The molecule has 0 aliphatic heterocycles. The number of benzene rings is 1. The van der Waals surface area contributed by atoms with Crippen LogP contribution >= 0.6 is 11.5 Å². The third-order valence-electron chi connectivity index (χ3n) is 2.18. The molecule has 0 saturated heterocycles. The van der Waals surface area contributed by atoms with Crippen LogP contribution in [-0.2, 0) is 12.8 Å². The lowest BCUT2D eigenvalue weighted by molar-refractivity contribution is 0.574. The molecule has 5 heteroatoms. The highest BCUT2D eigenvalue weighted by Gasteiger charge is 2.08. The largest absolute Gasteiger partial charge is 0.224 e. The van der Waals surface area contributed by atoms with Gasteiger partial charge in [-0.15, -0.1) is 0 Å². The van der Waals surface area contributed by atoms with E-state index in [4.69, 9.17) is 0 Å². The van der Waals surface area contributed by atoms with Gasteiger partial charge in [-0.05, 0) is 29.6 Å². The van der Waals surface area contributed by atoms with Gasteiger partial charge in [0.25, 0.3) is 0 Å². The number of aromatic nitrogens is 2. The minimum Gasteiger partial charge on any atom is -0.224 e. The number of nitrogens with zero attached hydrogens (tertiary/aromatic N) is 2. The van der Waals surface area contributed by atoms with Crippen LogP contribution in [0.25, 0.3) is 0 Å². The number of halogens is 2. The predicted octanol–water partition coefficient (Wildman–Crippen LogP) is 2.97. The fourth-order valence-electron chi connectivity index (χ4n) is 1.34. The molecule has 84 valence electrons. The molecule has 0 fully saturated rings. The molecule has 2 aromatic rings. The van der Waals surface area contributed by atoms with Gasteiger partial charge in [-0.25, -0.2) is 13.8 Å². The van der Waals surface area contributed by atoms with Crippen LogP contribution in [0.4, 0.5) is 8.78 Å². The van der Waals surface area contributed by atoms with Gasteiger partial charge in [-0.2, -0.15) is 4.37 Å². The quantitative estimate of drug-likeness (QED) is 0.824. The summed E-state index contributed by atoms with van der Waals surface area (Å²) in [4.78, 5) is 4.23. The highest BCUT2D eigenvalue weighted by molar-refractivity contribution is 7.05. The van der Waals surface area contributed by atoms with Crippen molar-refractivity contribution in [1.29, 1.82) is 0 Å². The molecular formula is C11H10F2N2S. The molecule has 0 bridgehead atoms. The lowest BCUT2D eigenvalue weighted by Gasteiger charge is -1.99. The van der Waals surface area contributed by atoms with Crippen LogP contribution in [0.1, 0.15) is 23.3 Å². The molecule has 2 nitrogen and oxygen atoms in total. The lowest BCUT2D eigenvalue weighted by Crippen LogP contribution is -1.95. The highest BCUT2D eigenvalue weighted by Crippen LogP contribution is 2.14. The number of hydrogen-bond donors (Lipinski definition) is 0. The van der Waals surface area contributed by atoms with Crippen molar-refractivity contribution >= 4 is 11.5 Å². The molecule has 0 aliphatic carbocycles. The first kappa shape index (κ1) is 11.1. The monoisotopic (exact) mass is 240 g/mol. The summed E-state index contributed by atoms with van der Waals surface area (Å²) in [5.41, 5.74) is 0.418. The van der Waals surface area contributed by atoms with Gasteiger partial charge in [-0.3, -0.25) is 0 Å². The average molecular weight is 240 g/mol. The second kappa shape index (κ2) is 4.65. The molecule has 0 unspecified atom stereocenters. The summed E-state index contributed by atoms with van der Waals surface area (Å²) in [6.45, 7) is 1.99. The summed E-state index contributed by atoms with van der Waals surface area (Å²) in [6.07, 6.45) is 1.13. The standard InChI is InChI=1S/C11H10F2N2S/c1-2-11-14-10(15-16-11)5-7-3-4-8(12)6-9(7)13/h3-4,6H,2,5H2,1H3. The Morgan fingerprint density at radius 3 is 2.75 bits per heavy atom. The zero-order valence-electron chi connectivity index (χ0n) is 8.70. The number of hydrogen-bond acceptors (Lipinski definition) is 3. The Kier molecular flexibility index (Phi) is 3.24. The second-order valence-corrected chi connectivity index (χ2v) is 4.21. The summed E-state index contributed by atoms with van der Waals surface area (Å²) in [6, 6.07) is 3.55. The van der Waals surface area contributed by atoms with Crippen molar-refractivity contribution in [3.8, 4) is 0 Å². The van der Waals surface area contributed by atoms with E-state index in [1.54, 1.807) is 0 Å². The van der Waals surface area contributed by atoms with E-state index in [1.807, 2.05) is 6.92 Å². The Hall–Kier alpha value is -1.36. The van der Waals surface area contributed by atoms with Crippen LogP contribution in [0.15, 0.2) is 18.2 Å². The summed E-state index contributed by atoms with van der Waals surface area (Å²) >= 11 is 1.32. The van der Waals surface area contributed by atoms with Crippen LogP contribution in [0, 0.1) is 11.6 Å². The first-order valence-corrected chi connectivity index (χ1v) is 5.71. The van der Waals surface area contributed by atoms with Crippen molar-refractivity contribution in [3.63, 3.8) is 0 Å². The normalized spacial score (nSPS) is 10.7. The van der Waals surface area contributed by atoms with Crippen molar-refractivity contribution in [2.45, 2.75) is 19.8 Å². The van der Waals surface area contributed by atoms with Crippen molar-refractivity contribution in [2.75, 3.05) is 0 Å². The molecule has 0 radical (unpaired) electrons. The minimum atomic E-state index is -0.568. The minimum absolute atomic E-state index is 0.308. The molecule has 0 N–H and O–H groups in total. The van der Waals surface area contributed by atoms with Gasteiger partial charge in [0.2, 0.25) is 0 Å². The Balaban J connectivity index is 2.20. The van der Waals surface area contributed by atoms with E-state index in [-0.39, 0.29) is 0 Å². The number of rotatable bonds is 3. The second-order valence-electron chi connectivity index (χ2n) is 3.37. The maximum absolute atomic E-state index is 13.3.